The van der Waals surface area contributed by atoms with E-state index in [-0.39, 0.29) is 5.38 Å². The molecule has 1 aromatic carbocycles. The van der Waals surface area contributed by atoms with Crippen molar-refractivity contribution in [1.29, 1.82) is 0 Å². The van der Waals surface area contributed by atoms with Crippen molar-refractivity contribution in [2.45, 2.75) is 11.8 Å². The van der Waals surface area contributed by atoms with Crippen molar-refractivity contribution < 1.29 is 0 Å². The standard InChI is InChI=1S/C9H10BrCl/c10-7-9(11)6-8-4-2-1-3-5-8/h1-5,9H,6-7H2. The molecule has 0 nitrogen and oxygen atoms in total. The normalized spacial score (nSPS) is 12.9. The van der Waals surface area contributed by atoms with E-state index in [1.807, 2.05) is 18.2 Å². The smallest absolute Gasteiger partial charge is 0.0473 e. The van der Waals surface area contributed by atoms with Gasteiger partial charge in [-0.1, -0.05) is 46.3 Å². The summed E-state index contributed by atoms with van der Waals surface area (Å²) in [5.74, 6) is 0. The molecule has 1 unspecified atom stereocenters. The molecule has 60 valence electrons. The minimum absolute atomic E-state index is 0.206. The lowest BCUT2D eigenvalue weighted by molar-refractivity contribution is 0.949. The van der Waals surface area contributed by atoms with E-state index in [0.29, 0.717) is 0 Å². The Hall–Kier alpha value is -0.0100. The van der Waals surface area contributed by atoms with E-state index < -0.39 is 0 Å². The second-order valence-electron chi connectivity index (χ2n) is 2.44. The van der Waals surface area contributed by atoms with Crippen LogP contribution in [0.15, 0.2) is 30.3 Å². The second kappa shape index (κ2) is 4.78. The summed E-state index contributed by atoms with van der Waals surface area (Å²) < 4.78 is 0. The topological polar surface area (TPSA) is 0 Å². The van der Waals surface area contributed by atoms with Gasteiger partial charge in [-0.05, 0) is 12.0 Å². The summed E-state index contributed by atoms with van der Waals surface area (Å²) >= 11 is 9.29. The van der Waals surface area contributed by atoms with Gasteiger partial charge in [0.2, 0.25) is 0 Å². The number of benzene rings is 1. The Morgan fingerprint density at radius 1 is 1.27 bits per heavy atom. The summed E-state index contributed by atoms with van der Waals surface area (Å²) in [6, 6.07) is 10.3. The third-order valence-electron chi connectivity index (χ3n) is 1.47. The Morgan fingerprint density at radius 2 is 1.91 bits per heavy atom. The van der Waals surface area contributed by atoms with Gasteiger partial charge in [-0.2, -0.15) is 0 Å². The van der Waals surface area contributed by atoms with Crippen molar-refractivity contribution in [3.05, 3.63) is 35.9 Å². The summed E-state index contributed by atoms with van der Waals surface area (Å²) in [6.07, 6.45) is 0.938. The maximum Gasteiger partial charge on any atom is 0.0473 e. The SMILES string of the molecule is ClC(CBr)Cc1ccccc1. The van der Waals surface area contributed by atoms with Gasteiger partial charge in [-0.3, -0.25) is 0 Å². The van der Waals surface area contributed by atoms with Crippen LogP contribution in [0.3, 0.4) is 0 Å². The van der Waals surface area contributed by atoms with E-state index in [9.17, 15) is 0 Å². The van der Waals surface area contributed by atoms with Crippen molar-refractivity contribution in [3.8, 4) is 0 Å². The van der Waals surface area contributed by atoms with Crippen molar-refractivity contribution in [2.75, 3.05) is 5.33 Å². The molecule has 0 bridgehead atoms. The van der Waals surface area contributed by atoms with Crippen LogP contribution in [0.4, 0.5) is 0 Å². The second-order valence-corrected chi connectivity index (χ2v) is 3.71. The molecule has 0 amide bonds. The molecule has 0 aliphatic carbocycles. The number of hydrogen-bond acceptors (Lipinski definition) is 0. The molecule has 0 fully saturated rings. The molecule has 2 heteroatoms. The van der Waals surface area contributed by atoms with Crippen LogP contribution in [0.2, 0.25) is 0 Å². The van der Waals surface area contributed by atoms with E-state index >= 15 is 0 Å². The largest absolute Gasteiger partial charge is 0.122 e. The highest BCUT2D eigenvalue weighted by molar-refractivity contribution is 9.09. The van der Waals surface area contributed by atoms with Crippen LogP contribution in [0, 0.1) is 0 Å². The Kier molecular flexibility index (Phi) is 3.95. The molecule has 0 saturated heterocycles. The zero-order valence-electron chi connectivity index (χ0n) is 6.13. The van der Waals surface area contributed by atoms with Crippen LogP contribution in [-0.4, -0.2) is 10.7 Å². The minimum atomic E-state index is 0.206. The molecule has 1 aromatic rings. The lowest BCUT2D eigenvalue weighted by atomic mass is 10.1. The first-order valence-corrected chi connectivity index (χ1v) is 5.12. The highest BCUT2D eigenvalue weighted by Gasteiger charge is 2.01. The van der Waals surface area contributed by atoms with Crippen LogP contribution >= 0.6 is 27.5 Å². The van der Waals surface area contributed by atoms with E-state index in [4.69, 9.17) is 11.6 Å². The Bertz CT molecular complexity index is 198. The molecule has 0 saturated carbocycles. The van der Waals surface area contributed by atoms with E-state index in [2.05, 4.69) is 28.1 Å². The predicted molar refractivity (Wildman–Crippen MR) is 53.6 cm³/mol. The third kappa shape index (κ3) is 3.26. The van der Waals surface area contributed by atoms with Crippen LogP contribution in [0.5, 0.6) is 0 Å². The summed E-state index contributed by atoms with van der Waals surface area (Å²) in [6.45, 7) is 0. The lowest BCUT2D eigenvalue weighted by Crippen LogP contribution is -2.03. The zero-order chi connectivity index (χ0) is 8.10. The molecule has 0 radical (unpaired) electrons. The zero-order valence-corrected chi connectivity index (χ0v) is 8.48. The fourth-order valence-corrected chi connectivity index (χ4v) is 1.33. The van der Waals surface area contributed by atoms with Crippen LogP contribution in [-0.2, 0) is 6.42 Å². The lowest BCUT2D eigenvalue weighted by Gasteiger charge is -2.03. The minimum Gasteiger partial charge on any atom is -0.122 e. The molecule has 0 N–H and O–H groups in total. The Labute approximate surface area is 80.7 Å². The van der Waals surface area contributed by atoms with E-state index in [0.717, 1.165) is 11.8 Å². The first-order chi connectivity index (χ1) is 5.33. The van der Waals surface area contributed by atoms with E-state index in [1.54, 1.807) is 0 Å². The van der Waals surface area contributed by atoms with Gasteiger partial charge in [0.25, 0.3) is 0 Å². The predicted octanol–water partition coefficient (Wildman–Crippen LogP) is 3.23. The summed E-state index contributed by atoms with van der Waals surface area (Å²) in [4.78, 5) is 0. The quantitative estimate of drug-likeness (QED) is 0.703. The van der Waals surface area contributed by atoms with Crippen LogP contribution < -0.4 is 0 Å². The molecule has 0 spiro atoms. The molecule has 11 heavy (non-hydrogen) atoms. The van der Waals surface area contributed by atoms with Gasteiger partial charge in [0.05, 0.1) is 0 Å². The van der Waals surface area contributed by atoms with Gasteiger partial charge in [-0.15, -0.1) is 11.6 Å². The highest BCUT2D eigenvalue weighted by atomic mass is 79.9. The summed E-state index contributed by atoms with van der Waals surface area (Å²) in [7, 11) is 0. The van der Waals surface area contributed by atoms with E-state index in [1.165, 1.54) is 5.56 Å². The third-order valence-corrected chi connectivity index (χ3v) is 2.93. The molecular formula is C9H10BrCl. The highest BCUT2D eigenvalue weighted by Crippen LogP contribution is 2.09. The Balaban J connectivity index is 2.51. The Morgan fingerprint density at radius 3 is 2.45 bits per heavy atom. The molecule has 1 rings (SSSR count). The fraction of sp³-hybridized carbons (Fsp3) is 0.333. The van der Waals surface area contributed by atoms with Crippen molar-refractivity contribution in [1.82, 2.24) is 0 Å². The number of alkyl halides is 2. The van der Waals surface area contributed by atoms with Crippen LogP contribution in [0.1, 0.15) is 5.56 Å². The average Bonchev–Trinajstić information content (AvgIpc) is 2.06. The van der Waals surface area contributed by atoms with Crippen molar-refractivity contribution in [3.63, 3.8) is 0 Å². The fourth-order valence-electron chi connectivity index (χ4n) is 0.924. The van der Waals surface area contributed by atoms with Gasteiger partial charge < -0.3 is 0 Å². The molecule has 1 atom stereocenters. The maximum atomic E-state index is 5.95. The van der Waals surface area contributed by atoms with Crippen molar-refractivity contribution in [2.24, 2.45) is 0 Å². The molecule has 0 heterocycles. The van der Waals surface area contributed by atoms with Gasteiger partial charge in [0.1, 0.15) is 0 Å². The molecule has 0 aliphatic heterocycles. The number of halogens is 2. The maximum absolute atomic E-state index is 5.95. The van der Waals surface area contributed by atoms with Gasteiger partial charge in [0, 0.05) is 10.7 Å². The monoisotopic (exact) mass is 232 g/mol. The number of hydrogen-bond donors (Lipinski definition) is 0. The molecule has 0 aromatic heterocycles. The van der Waals surface area contributed by atoms with Crippen molar-refractivity contribution >= 4 is 27.5 Å². The van der Waals surface area contributed by atoms with Crippen LogP contribution in [0.25, 0.3) is 0 Å². The van der Waals surface area contributed by atoms with Gasteiger partial charge >= 0.3 is 0 Å². The first-order valence-electron chi connectivity index (χ1n) is 3.57. The molecular weight excluding hydrogens is 223 g/mol. The van der Waals surface area contributed by atoms with Gasteiger partial charge in [-0.25, -0.2) is 0 Å². The number of rotatable bonds is 3. The average molecular weight is 234 g/mol. The van der Waals surface area contributed by atoms with Gasteiger partial charge in [0.15, 0.2) is 0 Å². The summed E-state index contributed by atoms with van der Waals surface area (Å²) in [5.41, 5.74) is 1.30. The first kappa shape index (κ1) is 9.08. The summed E-state index contributed by atoms with van der Waals surface area (Å²) in [5, 5.41) is 1.06. The molecule has 0 aliphatic rings.